The standard InChI is InChI=1S/C11H17N3/c1-2-8-14-11(5-7-13-14)9-10-4-3-6-12-10/h2,5,7,10,12H,1,3-4,6,8-9H2. The molecule has 76 valence electrons. The topological polar surface area (TPSA) is 29.9 Å². The van der Waals surface area contributed by atoms with E-state index in [0.29, 0.717) is 6.04 Å². The summed E-state index contributed by atoms with van der Waals surface area (Å²) in [5.74, 6) is 0. The molecule has 0 aromatic carbocycles. The molecule has 0 bridgehead atoms. The van der Waals surface area contributed by atoms with Crippen molar-refractivity contribution < 1.29 is 0 Å². The fourth-order valence-electron chi connectivity index (χ4n) is 2.00. The van der Waals surface area contributed by atoms with Gasteiger partial charge in [-0.1, -0.05) is 6.08 Å². The van der Waals surface area contributed by atoms with Crippen LogP contribution in [0.2, 0.25) is 0 Å². The zero-order valence-electron chi connectivity index (χ0n) is 8.45. The van der Waals surface area contributed by atoms with Gasteiger partial charge >= 0.3 is 0 Å². The number of rotatable bonds is 4. The summed E-state index contributed by atoms with van der Waals surface area (Å²) in [6.07, 6.45) is 7.44. The number of hydrogen-bond acceptors (Lipinski definition) is 2. The third-order valence-corrected chi connectivity index (χ3v) is 2.72. The number of nitrogens with zero attached hydrogens (tertiary/aromatic N) is 2. The molecule has 0 amide bonds. The van der Waals surface area contributed by atoms with E-state index in [-0.39, 0.29) is 0 Å². The average Bonchev–Trinajstić information content (AvgIpc) is 2.80. The molecule has 0 aliphatic carbocycles. The lowest BCUT2D eigenvalue weighted by Gasteiger charge is -2.10. The summed E-state index contributed by atoms with van der Waals surface area (Å²) in [5, 5.41) is 7.76. The summed E-state index contributed by atoms with van der Waals surface area (Å²) >= 11 is 0. The van der Waals surface area contributed by atoms with Gasteiger partial charge in [0.15, 0.2) is 0 Å². The summed E-state index contributed by atoms with van der Waals surface area (Å²) in [6, 6.07) is 2.75. The van der Waals surface area contributed by atoms with Gasteiger partial charge in [0.1, 0.15) is 0 Å². The van der Waals surface area contributed by atoms with Gasteiger partial charge in [-0.3, -0.25) is 4.68 Å². The largest absolute Gasteiger partial charge is 0.314 e. The van der Waals surface area contributed by atoms with Crippen LogP contribution in [0.3, 0.4) is 0 Å². The summed E-state index contributed by atoms with van der Waals surface area (Å²) in [4.78, 5) is 0. The first-order valence-electron chi connectivity index (χ1n) is 5.25. The van der Waals surface area contributed by atoms with E-state index in [1.165, 1.54) is 25.1 Å². The van der Waals surface area contributed by atoms with Crippen molar-refractivity contribution in [1.29, 1.82) is 0 Å². The highest BCUT2D eigenvalue weighted by Gasteiger charge is 2.15. The Morgan fingerprint density at radius 1 is 1.71 bits per heavy atom. The van der Waals surface area contributed by atoms with Gasteiger partial charge in [0.2, 0.25) is 0 Å². The van der Waals surface area contributed by atoms with E-state index in [0.717, 1.165) is 13.0 Å². The second-order valence-electron chi connectivity index (χ2n) is 3.79. The SMILES string of the molecule is C=CCn1nccc1CC1CCCN1. The van der Waals surface area contributed by atoms with E-state index >= 15 is 0 Å². The minimum atomic E-state index is 0.648. The fraction of sp³-hybridized carbons (Fsp3) is 0.545. The molecule has 2 rings (SSSR count). The molecule has 0 radical (unpaired) electrons. The quantitative estimate of drug-likeness (QED) is 0.728. The zero-order chi connectivity index (χ0) is 9.80. The Labute approximate surface area is 84.8 Å². The monoisotopic (exact) mass is 191 g/mol. The maximum atomic E-state index is 4.27. The lowest BCUT2D eigenvalue weighted by atomic mass is 10.1. The van der Waals surface area contributed by atoms with Crippen LogP contribution in [0.25, 0.3) is 0 Å². The van der Waals surface area contributed by atoms with Crippen molar-refractivity contribution in [1.82, 2.24) is 15.1 Å². The second kappa shape index (κ2) is 4.42. The molecule has 14 heavy (non-hydrogen) atoms. The first-order valence-corrected chi connectivity index (χ1v) is 5.25. The van der Waals surface area contributed by atoms with Crippen LogP contribution in [-0.2, 0) is 13.0 Å². The van der Waals surface area contributed by atoms with Gasteiger partial charge in [-0.2, -0.15) is 5.10 Å². The summed E-state index contributed by atoms with van der Waals surface area (Å²) in [5.41, 5.74) is 1.31. The first-order chi connectivity index (χ1) is 6.90. The predicted molar refractivity (Wildman–Crippen MR) is 57.2 cm³/mol. The molecule has 1 aliphatic heterocycles. The lowest BCUT2D eigenvalue weighted by Crippen LogP contribution is -2.25. The van der Waals surface area contributed by atoms with Crippen LogP contribution in [-0.4, -0.2) is 22.4 Å². The maximum Gasteiger partial charge on any atom is 0.0590 e. The average molecular weight is 191 g/mol. The molecule has 1 aromatic rings. The summed E-state index contributed by atoms with van der Waals surface area (Å²) in [7, 11) is 0. The molecule has 1 atom stereocenters. The van der Waals surface area contributed by atoms with E-state index < -0.39 is 0 Å². The van der Waals surface area contributed by atoms with Crippen LogP contribution in [0.4, 0.5) is 0 Å². The van der Waals surface area contributed by atoms with E-state index in [1.54, 1.807) is 0 Å². The number of allylic oxidation sites excluding steroid dienone is 1. The van der Waals surface area contributed by atoms with E-state index in [4.69, 9.17) is 0 Å². The highest BCUT2D eigenvalue weighted by molar-refractivity contribution is 5.04. The third-order valence-electron chi connectivity index (χ3n) is 2.72. The highest BCUT2D eigenvalue weighted by Crippen LogP contribution is 2.11. The molecular formula is C11H17N3. The zero-order valence-corrected chi connectivity index (χ0v) is 8.45. The molecule has 0 spiro atoms. The molecule has 0 saturated carbocycles. The molecule has 1 saturated heterocycles. The normalized spacial score (nSPS) is 21.3. The van der Waals surface area contributed by atoms with E-state index in [2.05, 4.69) is 23.1 Å². The first kappa shape index (κ1) is 9.46. The molecule has 1 N–H and O–H groups in total. The van der Waals surface area contributed by atoms with Crippen LogP contribution >= 0.6 is 0 Å². The molecule has 1 aliphatic rings. The number of aromatic nitrogens is 2. The Morgan fingerprint density at radius 2 is 2.64 bits per heavy atom. The van der Waals surface area contributed by atoms with Crippen LogP contribution in [0.15, 0.2) is 24.9 Å². The molecular weight excluding hydrogens is 174 g/mol. The van der Waals surface area contributed by atoms with Crippen molar-refractivity contribution in [2.75, 3.05) is 6.54 Å². The van der Waals surface area contributed by atoms with Gasteiger partial charge in [-0.15, -0.1) is 6.58 Å². The Hall–Kier alpha value is -1.09. The maximum absolute atomic E-state index is 4.27. The van der Waals surface area contributed by atoms with Gasteiger partial charge in [0.05, 0.1) is 6.54 Å². The predicted octanol–water partition coefficient (Wildman–Crippen LogP) is 1.36. The molecule has 1 aromatic heterocycles. The molecule has 1 fully saturated rings. The van der Waals surface area contributed by atoms with Gasteiger partial charge < -0.3 is 5.32 Å². The molecule has 2 heterocycles. The second-order valence-corrected chi connectivity index (χ2v) is 3.79. The van der Waals surface area contributed by atoms with Crippen molar-refractivity contribution in [2.45, 2.75) is 31.8 Å². The smallest absolute Gasteiger partial charge is 0.0590 e. The van der Waals surface area contributed by atoms with Crippen LogP contribution in [0.1, 0.15) is 18.5 Å². The van der Waals surface area contributed by atoms with Gasteiger partial charge in [0.25, 0.3) is 0 Å². The Balaban J connectivity index is 1.99. The minimum Gasteiger partial charge on any atom is -0.314 e. The van der Waals surface area contributed by atoms with Gasteiger partial charge in [-0.05, 0) is 25.5 Å². The third kappa shape index (κ3) is 2.04. The number of nitrogens with one attached hydrogen (secondary N) is 1. The van der Waals surface area contributed by atoms with Crippen LogP contribution in [0, 0.1) is 0 Å². The summed E-state index contributed by atoms with van der Waals surface area (Å²) in [6.45, 7) is 5.71. The Bertz CT molecular complexity index is 297. The summed E-state index contributed by atoms with van der Waals surface area (Å²) < 4.78 is 2.02. The van der Waals surface area contributed by atoms with Crippen molar-refractivity contribution in [3.8, 4) is 0 Å². The van der Waals surface area contributed by atoms with Gasteiger partial charge in [0, 0.05) is 24.4 Å². The van der Waals surface area contributed by atoms with Crippen LogP contribution in [0.5, 0.6) is 0 Å². The van der Waals surface area contributed by atoms with E-state index in [1.807, 2.05) is 17.0 Å². The van der Waals surface area contributed by atoms with Crippen molar-refractivity contribution in [3.05, 3.63) is 30.6 Å². The Morgan fingerprint density at radius 3 is 3.36 bits per heavy atom. The molecule has 3 nitrogen and oxygen atoms in total. The van der Waals surface area contributed by atoms with Crippen molar-refractivity contribution >= 4 is 0 Å². The highest BCUT2D eigenvalue weighted by atomic mass is 15.3. The van der Waals surface area contributed by atoms with Gasteiger partial charge in [-0.25, -0.2) is 0 Å². The number of hydrogen-bond donors (Lipinski definition) is 1. The van der Waals surface area contributed by atoms with Crippen molar-refractivity contribution in [2.24, 2.45) is 0 Å². The van der Waals surface area contributed by atoms with E-state index in [9.17, 15) is 0 Å². The van der Waals surface area contributed by atoms with Crippen molar-refractivity contribution in [3.63, 3.8) is 0 Å². The lowest BCUT2D eigenvalue weighted by molar-refractivity contribution is 0.559. The Kier molecular flexibility index (Phi) is 2.99. The minimum absolute atomic E-state index is 0.648. The van der Waals surface area contributed by atoms with Crippen LogP contribution < -0.4 is 5.32 Å². The molecule has 3 heteroatoms. The molecule has 1 unspecified atom stereocenters. The fourth-order valence-corrected chi connectivity index (χ4v) is 2.00.